The number of aliphatic hydroxyl groups is 6. The number of carboxylic acids is 1. The molecule has 10 heterocycles. The Kier molecular flexibility index (Phi) is 27.8. The van der Waals surface area contributed by atoms with Gasteiger partial charge in [-0.15, -0.1) is 5.10 Å². The lowest BCUT2D eigenvalue weighted by Crippen LogP contribution is -2.82. The molecule has 4 amide bonds. The second-order valence-electron chi connectivity index (χ2n) is 33.8. The number of hydrogen-bond acceptors (Lipinski definition) is 30. The number of carboxylic acid groups (broad SMARTS) is 1. The summed E-state index contributed by atoms with van der Waals surface area (Å²) in [4.78, 5) is 146. The molecule has 3 aromatic carbocycles. The van der Waals surface area contributed by atoms with Crippen LogP contribution in [0.1, 0.15) is 140 Å². The Labute approximate surface area is 722 Å². The highest BCUT2D eigenvalue weighted by atomic mass is 33.1. The molecule has 0 radical (unpaired) electrons. The number of aliphatic carboxylic acids is 1. The molecule has 666 valence electrons. The Morgan fingerprint density at radius 1 is 0.871 bits per heavy atom. The van der Waals surface area contributed by atoms with Crippen molar-refractivity contribution < 1.29 is 97.8 Å². The highest BCUT2D eigenvalue weighted by Gasteiger charge is 2.79. The first-order valence-corrected chi connectivity index (χ1v) is 44.7. The number of hydrazine groups is 1. The van der Waals surface area contributed by atoms with Crippen LogP contribution in [0, 0.1) is 24.2 Å². The Hall–Kier alpha value is -9.84. The number of amides is 4. The minimum Gasteiger partial charge on any atom is -0.496 e. The van der Waals surface area contributed by atoms with Crippen molar-refractivity contribution in [2.24, 2.45) is 17.3 Å². The Morgan fingerprint density at radius 3 is 2.42 bits per heavy atom. The highest BCUT2D eigenvalue weighted by molar-refractivity contribution is 8.76. The molecule has 1 aliphatic carbocycles. The molecule has 2 bridgehead atoms. The molecule has 124 heavy (non-hydrogen) atoms. The van der Waals surface area contributed by atoms with E-state index in [9.17, 15) is 74.1 Å². The summed E-state index contributed by atoms with van der Waals surface area (Å²) in [6.45, 7) is 10.1. The molecular weight excluding hydrogens is 1640 g/mol. The van der Waals surface area contributed by atoms with Gasteiger partial charge in [0.25, 0.3) is 17.9 Å². The number of rotatable bonds is 36. The van der Waals surface area contributed by atoms with Crippen molar-refractivity contribution >= 4 is 97.2 Å². The van der Waals surface area contributed by atoms with E-state index >= 15 is 4.79 Å². The second-order valence-corrected chi connectivity index (χ2v) is 36.5. The number of nitrogens with zero attached hydrogens (tertiary/aromatic N) is 9. The fraction of sp³-hybridized carbons (Fsp3) is 0.558. The predicted octanol–water partition coefficient (Wildman–Crippen LogP) is 2.89. The molecule has 13 N–H and O–H groups in total. The fourth-order valence-corrected chi connectivity index (χ4v) is 22.1. The standard InChI is InChI=1S/C86H109N15O21S2/c1-7-82(116)40-51-41-84(46-119-47-102,71-57(24-29-99(43-51)45-82)56-14-9-10-15-60(56)93-71)59-38-58-61(39-64(59)118-6)98(5)78-85(58)26-30-100-28-13-25-83(8-2,77(85)100)79(113)86(78,117)80(114)95-96-81(115)121-33-35-124-123-34-27-87-73(109)53(36-55-44-101(97-94-55)31-32-120-76-69(108)67(106)68(107)70(122-76)75(111)112)37-63(104)48(3)89-65(105)17-12-11-16-62(103)52-21-18-50(19-22-52)20-23-54-42-88-72-66(92-54)74(110)91-49(4)90-72/h9-10,13-15,18-19,21-22,25,38-39,42,44,47-48,51,53,67-70,76-79,93,106-108,113,116-117H,7-8,11-12,16-17,20,23-24,26-37,40-41,43,45-46H2,1-6H3,(H,87,109)(H,89,105)(H,95,114)(H,96,115)(H,111,112)(H,88,90,91,110)/t48-,51+,53+,67-,68-,69?,70?,76+,77-,78+,79+,82-,83+,84-,85+,86-/m0/s1. The number of fused-ring (bicyclic) bond motifs is 7. The maximum absolute atomic E-state index is 15.4. The summed E-state index contributed by atoms with van der Waals surface area (Å²) in [5.41, 5.74) is 5.20. The largest absolute Gasteiger partial charge is 0.496 e. The molecule has 1 saturated carbocycles. The number of aromatic nitrogens is 8. The minimum atomic E-state index is -2.62. The number of unbranched alkanes of at least 4 members (excludes halogenated alkanes) is 1. The van der Waals surface area contributed by atoms with Crippen LogP contribution in [0.25, 0.3) is 22.1 Å². The monoisotopic (exact) mass is 1750 g/mol. The number of ketones is 2. The van der Waals surface area contributed by atoms with Crippen molar-refractivity contribution in [2.45, 2.75) is 201 Å². The Morgan fingerprint density at radius 2 is 1.65 bits per heavy atom. The third-order valence-corrected chi connectivity index (χ3v) is 28.6. The minimum absolute atomic E-state index is 0.0134. The number of nitrogens with one attached hydrogen (secondary N) is 6. The zero-order valence-electron chi connectivity index (χ0n) is 70.1. The molecule has 17 atom stereocenters. The van der Waals surface area contributed by atoms with Gasteiger partial charge in [0.15, 0.2) is 40.7 Å². The summed E-state index contributed by atoms with van der Waals surface area (Å²) in [5, 5.41) is 94.2. The summed E-state index contributed by atoms with van der Waals surface area (Å²) < 4.78 is 30.1. The lowest BCUT2D eigenvalue weighted by Gasteiger charge is -2.63. The van der Waals surface area contributed by atoms with Crippen molar-refractivity contribution in [2.75, 3.05) is 89.7 Å². The lowest BCUT2D eigenvalue weighted by atomic mass is 9.47. The molecule has 4 fully saturated rings. The average molecular weight is 1750 g/mol. The van der Waals surface area contributed by atoms with Crippen LogP contribution in [-0.4, -0.2) is 284 Å². The molecule has 36 nitrogen and oxygen atoms in total. The molecule has 1 spiro atoms. The van der Waals surface area contributed by atoms with Gasteiger partial charge in [0.2, 0.25) is 11.8 Å². The maximum Gasteiger partial charge on any atom is 0.426 e. The number of carbonyl (C=O) groups excluding carboxylic acids is 7. The molecule has 3 saturated heterocycles. The molecule has 38 heteroatoms. The maximum atomic E-state index is 15.4. The van der Waals surface area contributed by atoms with Gasteiger partial charge in [0, 0.05) is 140 Å². The number of hydrogen-bond donors (Lipinski definition) is 13. The van der Waals surface area contributed by atoms with E-state index in [4.69, 9.17) is 23.7 Å². The van der Waals surface area contributed by atoms with Gasteiger partial charge in [-0.1, -0.05) is 95.3 Å². The first-order valence-electron chi connectivity index (χ1n) is 42.3. The number of aryl methyl sites for hydroxylation is 3. The highest BCUT2D eigenvalue weighted by Crippen LogP contribution is 2.68. The molecule has 7 aromatic rings. The van der Waals surface area contributed by atoms with Crippen LogP contribution in [0.15, 0.2) is 90.0 Å². The number of para-hydroxylation sites is 1. The smallest absolute Gasteiger partial charge is 0.426 e. The number of ether oxygens (including phenoxy) is 5. The van der Waals surface area contributed by atoms with Crippen molar-refractivity contribution in [3.63, 3.8) is 0 Å². The van der Waals surface area contributed by atoms with Crippen LogP contribution in [0.3, 0.4) is 0 Å². The molecule has 7 aliphatic rings. The van der Waals surface area contributed by atoms with Crippen LogP contribution in [0.5, 0.6) is 5.75 Å². The van der Waals surface area contributed by atoms with Gasteiger partial charge < -0.3 is 84.9 Å². The summed E-state index contributed by atoms with van der Waals surface area (Å²) >= 11 is 0. The first kappa shape index (κ1) is 90.4. The number of methoxy groups -OCH3 is 1. The number of aromatic amines is 2. The lowest BCUT2D eigenvalue weighted by molar-refractivity contribution is -0.294. The normalized spacial score (nSPS) is 27.9. The van der Waals surface area contributed by atoms with Crippen molar-refractivity contribution in [1.82, 2.24) is 71.2 Å². The quantitative estimate of drug-likeness (QED) is 0.00670. The zero-order chi connectivity index (χ0) is 88.2. The number of H-pyrrole nitrogens is 2. The van der Waals surface area contributed by atoms with E-state index in [2.05, 4.69) is 78.6 Å². The Bertz CT molecular complexity index is 5210. The molecular formula is C86H109N15O21S2. The van der Waals surface area contributed by atoms with Gasteiger partial charge in [-0.2, -0.15) is 0 Å². The molecule has 3 unspecified atom stereocenters. The fourth-order valence-electron chi connectivity index (χ4n) is 20.3. The van der Waals surface area contributed by atoms with E-state index in [1.54, 1.807) is 39.4 Å². The summed E-state index contributed by atoms with van der Waals surface area (Å²) in [7, 11) is 6.03. The van der Waals surface area contributed by atoms with Crippen LogP contribution in [-0.2, 0) is 90.8 Å². The number of piperidine rings is 1. The van der Waals surface area contributed by atoms with E-state index in [1.807, 2.05) is 67.3 Å². The zero-order valence-corrected chi connectivity index (χ0v) is 71.7. The third kappa shape index (κ3) is 18.0. The van der Waals surface area contributed by atoms with E-state index < -0.39 is 124 Å². The topological polar surface area (TPSA) is 500 Å². The van der Waals surface area contributed by atoms with E-state index in [0.29, 0.717) is 138 Å². The number of likely N-dealkylation sites (N-methyl/N-ethyl adjacent to an activating group) is 1. The number of aliphatic hydroxyl groups excluding tert-OH is 4. The molecule has 6 aliphatic heterocycles. The molecule has 4 aromatic heterocycles. The predicted molar refractivity (Wildman–Crippen MR) is 453 cm³/mol. The summed E-state index contributed by atoms with van der Waals surface area (Å²) in [6, 6.07) is 16.7. The van der Waals surface area contributed by atoms with E-state index in [0.717, 1.165) is 38.9 Å². The van der Waals surface area contributed by atoms with Crippen LogP contribution in [0.2, 0.25) is 0 Å². The number of anilines is 1. The first-order chi connectivity index (χ1) is 59.5. The SMILES string of the molecule is CC[C@]1(O)C[C@H]2CN(CCc3c([nH]c4ccccc34)[C@@](COC=O)(c3cc4c(cc3OC)N(C)[C@H]3[C@@](O)(C(=O)NNC(=O)OCCSSCCNC(=O)[C@@H](CC(=O)[C@H](C)NC(=O)CCCCC(=O)c5ccc(CCc6cnc7nc(C)[nH]c(=O)c7n6)cc5)Cc5cn(CCO[C@@H]6OC(C(=O)O)[C@@H](O)[C@H](O)C6O)nn5)[C@H](O)[C@]5(CC)C=CCN6CC[C@]43[C@@H]65)C2)C1. The van der Waals surface area contributed by atoms with Gasteiger partial charge in [-0.3, -0.25) is 48.8 Å². The van der Waals surface area contributed by atoms with Crippen molar-refractivity contribution in [3.8, 4) is 5.75 Å². The number of carbonyl (C=O) groups is 8. The van der Waals surface area contributed by atoms with E-state index in [1.165, 1.54) is 39.4 Å². The van der Waals surface area contributed by atoms with E-state index in [-0.39, 0.29) is 98.5 Å². The third-order valence-electron chi connectivity index (χ3n) is 26.2. The van der Waals surface area contributed by atoms with Gasteiger partial charge in [0.1, 0.15) is 49.2 Å². The average Bonchev–Trinajstić information content (AvgIpc) is 1.47. The van der Waals surface area contributed by atoms with Crippen molar-refractivity contribution in [1.29, 1.82) is 0 Å². The van der Waals surface area contributed by atoms with Crippen LogP contribution >= 0.6 is 21.6 Å². The van der Waals surface area contributed by atoms with Gasteiger partial charge in [0.05, 0.1) is 66.9 Å². The second kappa shape index (κ2) is 38.2. The number of benzene rings is 3. The molecule has 14 rings (SSSR count). The Balaban J connectivity index is 0.587. The van der Waals surface area contributed by atoms with Gasteiger partial charge >= 0.3 is 12.1 Å². The number of Topliss-reactive ketones (excluding diaryl/α,β-unsaturated/α-hetero) is 2. The summed E-state index contributed by atoms with van der Waals surface area (Å²) in [5.74, 6) is -3.83. The van der Waals surface area contributed by atoms with Crippen molar-refractivity contribution in [3.05, 3.63) is 146 Å². The van der Waals surface area contributed by atoms with Crippen LogP contribution in [0.4, 0.5) is 10.5 Å². The summed E-state index contributed by atoms with van der Waals surface area (Å²) in [6.07, 6.45) is -0.464. The van der Waals surface area contributed by atoms with Gasteiger partial charge in [-0.05, 0) is 119 Å². The van der Waals surface area contributed by atoms with Crippen LogP contribution < -0.4 is 36.7 Å². The van der Waals surface area contributed by atoms with Gasteiger partial charge in [-0.25, -0.2) is 34.6 Å².